The maximum absolute atomic E-state index is 12.7. The van der Waals surface area contributed by atoms with Gasteiger partial charge in [-0.15, -0.1) is 10.2 Å². The standard InChI is InChI=1S/C25H31N5O2S/c1-3-30-22(16-29-15-8-4-5-14-24(29)32)27-28-25(30)33-17-23(31)26-18(2)20-13-9-11-19-10-6-7-12-21(19)20/h6-7,9-13,18H,3-5,8,14-17H2,1-2H3,(H,26,31). The van der Waals surface area contributed by atoms with E-state index in [0.717, 1.165) is 48.0 Å². The molecule has 1 atom stereocenters. The first kappa shape index (κ1) is 23.3. The Kier molecular flexibility index (Phi) is 7.65. The van der Waals surface area contributed by atoms with Crippen LogP contribution < -0.4 is 5.32 Å². The number of nitrogens with one attached hydrogen (secondary N) is 1. The van der Waals surface area contributed by atoms with Crippen molar-refractivity contribution in [1.82, 2.24) is 25.0 Å². The first-order valence-corrected chi connectivity index (χ1v) is 12.6. The molecule has 4 rings (SSSR count). The fraction of sp³-hybridized carbons (Fsp3) is 0.440. The highest BCUT2D eigenvalue weighted by Crippen LogP contribution is 2.25. The Hall–Kier alpha value is -2.87. The summed E-state index contributed by atoms with van der Waals surface area (Å²) in [6, 6.07) is 14.3. The van der Waals surface area contributed by atoms with E-state index in [4.69, 9.17) is 0 Å². The van der Waals surface area contributed by atoms with Gasteiger partial charge in [0.15, 0.2) is 11.0 Å². The van der Waals surface area contributed by atoms with Gasteiger partial charge in [0.05, 0.1) is 18.3 Å². The fourth-order valence-electron chi connectivity index (χ4n) is 4.36. The van der Waals surface area contributed by atoms with Gasteiger partial charge in [0, 0.05) is 19.5 Å². The molecule has 0 aliphatic carbocycles. The quantitative estimate of drug-likeness (QED) is 0.501. The van der Waals surface area contributed by atoms with E-state index in [-0.39, 0.29) is 23.6 Å². The summed E-state index contributed by atoms with van der Waals surface area (Å²) in [7, 11) is 0. The lowest BCUT2D eigenvalue weighted by molar-refractivity contribution is -0.131. The summed E-state index contributed by atoms with van der Waals surface area (Å²) >= 11 is 1.38. The number of carbonyl (C=O) groups is 2. The molecule has 3 aromatic rings. The van der Waals surface area contributed by atoms with Crippen molar-refractivity contribution >= 4 is 34.3 Å². The van der Waals surface area contributed by atoms with E-state index in [1.807, 2.05) is 41.5 Å². The maximum Gasteiger partial charge on any atom is 0.230 e. The SMILES string of the molecule is CCn1c(CN2CCCCCC2=O)nnc1SCC(=O)NC(C)c1cccc2ccccc12. The lowest BCUT2D eigenvalue weighted by atomic mass is 10.00. The zero-order valence-corrected chi connectivity index (χ0v) is 20.1. The molecule has 1 aliphatic rings. The molecule has 33 heavy (non-hydrogen) atoms. The second kappa shape index (κ2) is 10.8. The summed E-state index contributed by atoms with van der Waals surface area (Å²) in [6.45, 7) is 5.98. The third kappa shape index (κ3) is 5.55. The number of likely N-dealkylation sites (tertiary alicyclic amines) is 1. The van der Waals surface area contributed by atoms with E-state index in [9.17, 15) is 9.59 Å². The molecular formula is C25H31N5O2S. The van der Waals surface area contributed by atoms with Crippen LogP contribution >= 0.6 is 11.8 Å². The second-order valence-corrected chi connectivity index (χ2v) is 9.36. The van der Waals surface area contributed by atoms with E-state index < -0.39 is 0 Å². The highest BCUT2D eigenvalue weighted by atomic mass is 32.2. The molecule has 1 N–H and O–H groups in total. The summed E-state index contributed by atoms with van der Waals surface area (Å²) in [6.07, 6.45) is 3.69. The predicted octanol–water partition coefficient (Wildman–Crippen LogP) is 4.32. The number of rotatable bonds is 8. The fourth-order valence-corrected chi connectivity index (χ4v) is 5.19. The molecule has 0 saturated carbocycles. The van der Waals surface area contributed by atoms with Crippen molar-refractivity contribution in [3.05, 3.63) is 53.9 Å². The first-order chi connectivity index (χ1) is 16.1. The van der Waals surface area contributed by atoms with Crippen molar-refractivity contribution < 1.29 is 9.59 Å². The third-order valence-electron chi connectivity index (χ3n) is 6.11. The van der Waals surface area contributed by atoms with Crippen LogP contribution in [0.25, 0.3) is 10.8 Å². The van der Waals surface area contributed by atoms with Crippen LogP contribution in [0.4, 0.5) is 0 Å². The van der Waals surface area contributed by atoms with Crippen LogP contribution in [0.15, 0.2) is 47.6 Å². The number of benzene rings is 2. The Balaban J connectivity index is 1.37. The van der Waals surface area contributed by atoms with Crippen molar-refractivity contribution in [2.75, 3.05) is 12.3 Å². The minimum Gasteiger partial charge on any atom is -0.349 e. The molecule has 1 saturated heterocycles. The van der Waals surface area contributed by atoms with Gasteiger partial charge in [0.25, 0.3) is 0 Å². The van der Waals surface area contributed by atoms with Gasteiger partial charge < -0.3 is 14.8 Å². The minimum absolute atomic E-state index is 0.0460. The second-order valence-electron chi connectivity index (χ2n) is 8.42. The van der Waals surface area contributed by atoms with Crippen LogP contribution in [0.3, 0.4) is 0 Å². The van der Waals surface area contributed by atoms with Gasteiger partial charge in [-0.2, -0.15) is 0 Å². The number of thioether (sulfide) groups is 1. The molecule has 2 aromatic carbocycles. The molecule has 7 nitrogen and oxygen atoms in total. The van der Waals surface area contributed by atoms with Crippen LogP contribution in [0, 0.1) is 0 Å². The minimum atomic E-state index is -0.0992. The third-order valence-corrected chi connectivity index (χ3v) is 7.08. The van der Waals surface area contributed by atoms with Crippen molar-refractivity contribution in [2.24, 2.45) is 0 Å². The highest BCUT2D eigenvalue weighted by Gasteiger charge is 2.21. The van der Waals surface area contributed by atoms with E-state index in [2.05, 4.69) is 39.8 Å². The molecule has 8 heteroatoms. The monoisotopic (exact) mass is 465 g/mol. The van der Waals surface area contributed by atoms with Gasteiger partial charge in [-0.25, -0.2) is 0 Å². The van der Waals surface area contributed by atoms with E-state index in [0.29, 0.717) is 24.7 Å². The largest absolute Gasteiger partial charge is 0.349 e. The van der Waals surface area contributed by atoms with Crippen molar-refractivity contribution in [2.45, 2.75) is 63.8 Å². The molecule has 1 aromatic heterocycles. The number of carbonyl (C=O) groups excluding carboxylic acids is 2. The van der Waals surface area contributed by atoms with Gasteiger partial charge in [-0.05, 0) is 43.0 Å². The zero-order valence-electron chi connectivity index (χ0n) is 19.3. The maximum atomic E-state index is 12.7. The lowest BCUT2D eigenvalue weighted by Crippen LogP contribution is -2.31. The average Bonchev–Trinajstić information content (AvgIpc) is 3.10. The van der Waals surface area contributed by atoms with Gasteiger partial charge in [0.2, 0.25) is 11.8 Å². The molecule has 2 amide bonds. The number of hydrogen-bond donors (Lipinski definition) is 1. The number of hydrogen-bond acceptors (Lipinski definition) is 5. The predicted molar refractivity (Wildman–Crippen MR) is 131 cm³/mol. The molecule has 1 aliphatic heterocycles. The molecule has 174 valence electrons. The molecule has 0 spiro atoms. The first-order valence-electron chi connectivity index (χ1n) is 11.7. The van der Waals surface area contributed by atoms with Crippen molar-refractivity contribution in [1.29, 1.82) is 0 Å². The topological polar surface area (TPSA) is 80.1 Å². The molecular weight excluding hydrogens is 434 g/mol. The van der Waals surface area contributed by atoms with Gasteiger partial charge >= 0.3 is 0 Å². The van der Waals surface area contributed by atoms with Crippen LogP contribution in [0.5, 0.6) is 0 Å². The van der Waals surface area contributed by atoms with Gasteiger partial charge in [0.1, 0.15) is 0 Å². The Labute approximate surface area is 198 Å². The normalized spacial score (nSPS) is 15.5. The van der Waals surface area contributed by atoms with E-state index >= 15 is 0 Å². The summed E-state index contributed by atoms with van der Waals surface area (Å²) < 4.78 is 2.00. The Morgan fingerprint density at radius 2 is 1.94 bits per heavy atom. The Bertz CT molecular complexity index is 1120. The number of amides is 2. The molecule has 2 heterocycles. The molecule has 0 bridgehead atoms. The Morgan fingerprint density at radius 3 is 2.79 bits per heavy atom. The Morgan fingerprint density at radius 1 is 1.12 bits per heavy atom. The van der Waals surface area contributed by atoms with Crippen molar-refractivity contribution in [3.8, 4) is 0 Å². The molecule has 1 unspecified atom stereocenters. The smallest absolute Gasteiger partial charge is 0.230 e. The van der Waals surface area contributed by atoms with Crippen LogP contribution in [-0.2, 0) is 22.7 Å². The zero-order chi connectivity index (χ0) is 23.2. The van der Waals surface area contributed by atoms with Gasteiger partial charge in [-0.3, -0.25) is 9.59 Å². The van der Waals surface area contributed by atoms with Crippen molar-refractivity contribution in [3.63, 3.8) is 0 Å². The average molecular weight is 466 g/mol. The van der Waals surface area contributed by atoms with E-state index in [1.54, 1.807) is 0 Å². The number of aromatic nitrogens is 3. The van der Waals surface area contributed by atoms with Crippen LogP contribution in [0.1, 0.15) is 57.0 Å². The van der Waals surface area contributed by atoms with Crippen LogP contribution in [-0.4, -0.2) is 43.8 Å². The summed E-state index contributed by atoms with van der Waals surface area (Å²) in [5, 5.41) is 14.8. The summed E-state index contributed by atoms with van der Waals surface area (Å²) in [5.74, 6) is 1.18. The summed E-state index contributed by atoms with van der Waals surface area (Å²) in [4.78, 5) is 26.9. The lowest BCUT2D eigenvalue weighted by Gasteiger charge is -2.20. The highest BCUT2D eigenvalue weighted by molar-refractivity contribution is 7.99. The summed E-state index contributed by atoms with van der Waals surface area (Å²) in [5.41, 5.74) is 1.10. The van der Waals surface area contributed by atoms with E-state index in [1.165, 1.54) is 11.8 Å². The number of nitrogens with zero attached hydrogens (tertiary/aromatic N) is 4. The molecule has 1 fully saturated rings. The molecule has 0 radical (unpaired) electrons. The van der Waals surface area contributed by atoms with Crippen LogP contribution in [0.2, 0.25) is 0 Å². The number of fused-ring (bicyclic) bond motifs is 1. The van der Waals surface area contributed by atoms with Gasteiger partial charge in [-0.1, -0.05) is 60.6 Å².